The number of nitrogens with zero attached hydrogens (tertiary/aromatic N) is 1. The standard InChI is InChI=1S/C22H27N5/c23-18-6-10-20(11-7-18)25-14-16-27(22-4-2-1-3-5-22)17-15-26-21-12-8-19(24)9-13-21/h1-13,25-26H,14-17,23-24H2. The first-order chi connectivity index (χ1) is 13.2. The Hall–Kier alpha value is -3.34. The molecule has 6 N–H and O–H groups in total. The molecule has 0 unspecified atom stereocenters. The van der Waals surface area contributed by atoms with Crippen molar-refractivity contribution in [1.82, 2.24) is 0 Å². The average molecular weight is 361 g/mol. The normalized spacial score (nSPS) is 10.4. The van der Waals surface area contributed by atoms with E-state index in [1.807, 2.05) is 54.6 Å². The van der Waals surface area contributed by atoms with E-state index in [0.717, 1.165) is 48.9 Å². The maximum atomic E-state index is 5.74. The van der Waals surface area contributed by atoms with Crippen LogP contribution in [0, 0.1) is 0 Å². The van der Waals surface area contributed by atoms with E-state index in [4.69, 9.17) is 11.5 Å². The molecule has 0 saturated heterocycles. The van der Waals surface area contributed by atoms with Gasteiger partial charge in [-0.15, -0.1) is 0 Å². The fourth-order valence-electron chi connectivity index (χ4n) is 2.88. The predicted octanol–water partition coefficient (Wildman–Crippen LogP) is 3.88. The van der Waals surface area contributed by atoms with E-state index >= 15 is 0 Å². The molecule has 0 aromatic heterocycles. The summed E-state index contributed by atoms with van der Waals surface area (Å²) < 4.78 is 0. The highest BCUT2D eigenvalue weighted by Gasteiger charge is 2.06. The minimum Gasteiger partial charge on any atom is -0.399 e. The van der Waals surface area contributed by atoms with Crippen molar-refractivity contribution in [2.24, 2.45) is 0 Å². The molecule has 0 bridgehead atoms. The van der Waals surface area contributed by atoms with Crippen LogP contribution in [0.3, 0.4) is 0 Å². The zero-order valence-corrected chi connectivity index (χ0v) is 15.4. The van der Waals surface area contributed by atoms with E-state index in [1.54, 1.807) is 0 Å². The third kappa shape index (κ3) is 5.85. The molecule has 0 radical (unpaired) electrons. The van der Waals surface area contributed by atoms with Crippen LogP contribution in [-0.4, -0.2) is 26.2 Å². The Morgan fingerprint density at radius 3 is 1.48 bits per heavy atom. The van der Waals surface area contributed by atoms with Crippen molar-refractivity contribution in [1.29, 1.82) is 0 Å². The first-order valence-electron chi connectivity index (χ1n) is 9.19. The molecule has 140 valence electrons. The topological polar surface area (TPSA) is 79.3 Å². The molecular formula is C22H27N5. The van der Waals surface area contributed by atoms with Crippen LogP contribution in [0.5, 0.6) is 0 Å². The lowest BCUT2D eigenvalue weighted by molar-refractivity contribution is 0.811. The number of nitrogens with two attached hydrogens (primary N) is 2. The van der Waals surface area contributed by atoms with Crippen molar-refractivity contribution >= 4 is 28.4 Å². The molecule has 0 heterocycles. The van der Waals surface area contributed by atoms with Crippen LogP contribution in [0.15, 0.2) is 78.9 Å². The van der Waals surface area contributed by atoms with Crippen LogP contribution < -0.4 is 27.0 Å². The Kier molecular flexibility index (Phi) is 6.41. The van der Waals surface area contributed by atoms with Crippen molar-refractivity contribution in [2.75, 3.05) is 53.2 Å². The molecule has 0 aliphatic rings. The molecular weight excluding hydrogens is 334 g/mol. The molecule has 0 atom stereocenters. The van der Waals surface area contributed by atoms with E-state index in [1.165, 1.54) is 5.69 Å². The van der Waals surface area contributed by atoms with Gasteiger partial charge in [0.25, 0.3) is 0 Å². The summed E-state index contributed by atoms with van der Waals surface area (Å²) in [7, 11) is 0. The van der Waals surface area contributed by atoms with Gasteiger partial charge in [-0.3, -0.25) is 0 Å². The lowest BCUT2D eigenvalue weighted by atomic mass is 10.2. The summed E-state index contributed by atoms with van der Waals surface area (Å²) in [6.07, 6.45) is 0. The molecule has 3 rings (SSSR count). The molecule has 0 aliphatic carbocycles. The predicted molar refractivity (Wildman–Crippen MR) is 117 cm³/mol. The van der Waals surface area contributed by atoms with Gasteiger partial charge in [0, 0.05) is 54.6 Å². The first-order valence-corrected chi connectivity index (χ1v) is 9.19. The van der Waals surface area contributed by atoms with Gasteiger partial charge in [0.05, 0.1) is 0 Å². The molecule has 0 spiro atoms. The van der Waals surface area contributed by atoms with Gasteiger partial charge in [-0.2, -0.15) is 0 Å². The summed E-state index contributed by atoms with van der Waals surface area (Å²) in [6.45, 7) is 3.50. The third-order valence-electron chi connectivity index (χ3n) is 4.36. The van der Waals surface area contributed by atoms with Crippen molar-refractivity contribution < 1.29 is 0 Å². The molecule has 5 heteroatoms. The van der Waals surface area contributed by atoms with Crippen molar-refractivity contribution in [2.45, 2.75) is 0 Å². The smallest absolute Gasteiger partial charge is 0.0367 e. The van der Waals surface area contributed by atoms with Crippen LogP contribution in [0.4, 0.5) is 28.4 Å². The molecule has 0 aliphatic heterocycles. The second kappa shape index (κ2) is 9.38. The van der Waals surface area contributed by atoms with Gasteiger partial charge in [-0.25, -0.2) is 0 Å². The van der Waals surface area contributed by atoms with Crippen LogP contribution >= 0.6 is 0 Å². The lowest BCUT2D eigenvalue weighted by Crippen LogP contribution is -2.33. The molecule has 5 nitrogen and oxygen atoms in total. The van der Waals surface area contributed by atoms with E-state index in [2.05, 4.69) is 39.8 Å². The third-order valence-corrected chi connectivity index (χ3v) is 4.36. The lowest BCUT2D eigenvalue weighted by Gasteiger charge is -2.25. The Morgan fingerprint density at radius 1 is 0.593 bits per heavy atom. The summed E-state index contributed by atoms with van der Waals surface area (Å²) in [4.78, 5) is 2.37. The zero-order valence-electron chi connectivity index (χ0n) is 15.4. The highest BCUT2D eigenvalue weighted by atomic mass is 15.2. The Labute approximate surface area is 161 Å². The summed E-state index contributed by atoms with van der Waals surface area (Å²) in [5.74, 6) is 0. The highest BCUT2D eigenvalue weighted by molar-refractivity contribution is 5.53. The number of rotatable bonds is 9. The average Bonchev–Trinajstić information content (AvgIpc) is 2.70. The molecule has 0 saturated carbocycles. The second-order valence-corrected chi connectivity index (χ2v) is 6.42. The van der Waals surface area contributed by atoms with Crippen molar-refractivity contribution in [3.8, 4) is 0 Å². The maximum absolute atomic E-state index is 5.74. The van der Waals surface area contributed by atoms with Gasteiger partial charge < -0.3 is 27.0 Å². The van der Waals surface area contributed by atoms with Crippen LogP contribution in [0.1, 0.15) is 0 Å². The number of nitrogens with one attached hydrogen (secondary N) is 2. The monoisotopic (exact) mass is 361 g/mol. The van der Waals surface area contributed by atoms with E-state index in [0.29, 0.717) is 0 Å². The van der Waals surface area contributed by atoms with Crippen LogP contribution in [0.25, 0.3) is 0 Å². The number of hydrogen-bond acceptors (Lipinski definition) is 5. The fraction of sp³-hybridized carbons (Fsp3) is 0.182. The largest absolute Gasteiger partial charge is 0.399 e. The quantitative estimate of drug-likeness (QED) is 0.435. The van der Waals surface area contributed by atoms with Gasteiger partial charge >= 0.3 is 0 Å². The summed E-state index contributed by atoms with van der Waals surface area (Å²) >= 11 is 0. The SMILES string of the molecule is Nc1ccc(NCCN(CCNc2ccc(N)cc2)c2ccccc2)cc1. The number of nitrogen functional groups attached to an aromatic ring is 2. The van der Waals surface area contributed by atoms with E-state index < -0.39 is 0 Å². The fourth-order valence-corrected chi connectivity index (χ4v) is 2.88. The van der Waals surface area contributed by atoms with Gasteiger partial charge in [0.1, 0.15) is 0 Å². The second-order valence-electron chi connectivity index (χ2n) is 6.42. The number of benzene rings is 3. The molecule has 3 aromatic carbocycles. The summed E-state index contributed by atoms with van der Waals surface area (Å²) in [5, 5.41) is 6.91. The van der Waals surface area contributed by atoms with E-state index in [-0.39, 0.29) is 0 Å². The Bertz CT molecular complexity index is 749. The highest BCUT2D eigenvalue weighted by Crippen LogP contribution is 2.15. The Balaban J connectivity index is 1.54. The minimum absolute atomic E-state index is 0.778. The zero-order chi connectivity index (χ0) is 18.9. The summed E-state index contributed by atoms with van der Waals surface area (Å²) in [6, 6.07) is 26.1. The van der Waals surface area contributed by atoms with Gasteiger partial charge in [0.15, 0.2) is 0 Å². The molecule has 0 fully saturated rings. The Morgan fingerprint density at radius 2 is 1.04 bits per heavy atom. The maximum Gasteiger partial charge on any atom is 0.0367 e. The molecule has 27 heavy (non-hydrogen) atoms. The van der Waals surface area contributed by atoms with Gasteiger partial charge in [-0.05, 0) is 60.7 Å². The minimum atomic E-state index is 0.778. The number of hydrogen-bond donors (Lipinski definition) is 4. The number of anilines is 5. The van der Waals surface area contributed by atoms with Crippen LogP contribution in [0.2, 0.25) is 0 Å². The van der Waals surface area contributed by atoms with E-state index in [9.17, 15) is 0 Å². The van der Waals surface area contributed by atoms with Crippen molar-refractivity contribution in [3.63, 3.8) is 0 Å². The first kappa shape index (κ1) is 18.5. The van der Waals surface area contributed by atoms with Gasteiger partial charge in [-0.1, -0.05) is 18.2 Å². The molecule has 0 amide bonds. The summed E-state index contributed by atoms with van der Waals surface area (Å²) in [5.41, 5.74) is 16.4. The van der Waals surface area contributed by atoms with Crippen molar-refractivity contribution in [3.05, 3.63) is 78.9 Å². The number of para-hydroxylation sites is 1. The van der Waals surface area contributed by atoms with Gasteiger partial charge in [0.2, 0.25) is 0 Å². The van der Waals surface area contributed by atoms with Crippen LogP contribution in [-0.2, 0) is 0 Å². The molecule has 3 aromatic rings.